The molecule has 0 aromatic heterocycles. The highest BCUT2D eigenvalue weighted by molar-refractivity contribution is 6.31. The van der Waals surface area contributed by atoms with E-state index in [2.05, 4.69) is 5.32 Å². The van der Waals surface area contributed by atoms with E-state index in [4.69, 9.17) is 17.3 Å². The van der Waals surface area contributed by atoms with Gasteiger partial charge in [0.15, 0.2) is 0 Å². The number of carbonyl (C=O) groups is 1. The van der Waals surface area contributed by atoms with E-state index in [0.717, 1.165) is 5.56 Å². The fourth-order valence-corrected chi connectivity index (χ4v) is 1.35. The lowest BCUT2D eigenvalue weighted by Crippen LogP contribution is -2.19. The molecule has 13 heavy (non-hydrogen) atoms. The third-order valence-corrected chi connectivity index (χ3v) is 2.04. The average Bonchev–Trinajstić information content (AvgIpc) is 2.10. The van der Waals surface area contributed by atoms with Gasteiger partial charge in [-0.25, -0.2) is 0 Å². The molecule has 0 unspecified atom stereocenters. The van der Waals surface area contributed by atoms with Gasteiger partial charge in [-0.2, -0.15) is 0 Å². The Bertz CT molecular complexity index is 350. The molecule has 3 N–H and O–H groups in total. The van der Waals surface area contributed by atoms with Gasteiger partial charge in [0, 0.05) is 17.8 Å². The first-order valence-corrected chi connectivity index (χ1v) is 4.21. The van der Waals surface area contributed by atoms with Crippen molar-refractivity contribution >= 4 is 23.2 Å². The van der Waals surface area contributed by atoms with E-state index in [9.17, 15) is 4.79 Å². The van der Waals surface area contributed by atoms with Gasteiger partial charge in [-0.3, -0.25) is 4.79 Å². The maximum Gasteiger partial charge on any atom is 0.253 e. The average molecular weight is 199 g/mol. The van der Waals surface area contributed by atoms with Crippen LogP contribution in [-0.4, -0.2) is 13.0 Å². The summed E-state index contributed by atoms with van der Waals surface area (Å²) in [7, 11) is 1.55. The van der Waals surface area contributed by atoms with E-state index in [1.54, 1.807) is 19.2 Å². The van der Waals surface area contributed by atoms with Gasteiger partial charge >= 0.3 is 0 Å². The van der Waals surface area contributed by atoms with Crippen LogP contribution >= 0.6 is 11.6 Å². The van der Waals surface area contributed by atoms with Gasteiger partial charge in [0.2, 0.25) is 0 Å². The molecule has 1 aromatic carbocycles. The van der Waals surface area contributed by atoms with Crippen LogP contribution in [0.4, 0.5) is 5.69 Å². The van der Waals surface area contributed by atoms with E-state index in [1.807, 2.05) is 6.92 Å². The number of carbonyl (C=O) groups excluding carboxylic acids is 1. The number of hydrogen-bond acceptors (Lipinski definition) is 2. The number of amides is 1. The zero-order valence-electron chi connectivity index (χ0n) is 7.52. The molecule has 0 fully saturated rings. The van der Waals surface area contributed by atoms with Crippen molar-refractivity contribution in [2.75, 3.05) is 12.8 Å². The minimum absolute atomic E-state index is 0.219. The molecule has 0 heterocycles. The van der Waals surface area contributed by atoms with Crippen LogP contribution < -0.4 is 11.1 Å². The molecule has 0 saturated heterocycles. The van der Waals surface area contributed by atoms with Gasteiger partial charge in [-0.1, -0.05) is 11.6 Å². The summed E-state index contributed by atoms with van der Waals surface area (Å²) in [5, 5.41) is 3.02. The lowest BCUT2D eigenvalue weighted by Gasteiger charge is -2.07. The van der Waals surface area contributed by atoms with Gasteiger partial charge in [0.1, 0.15) is 0 Å². The van der Waals surface area contributed by atoms with Crippen LogP contribution in [0.5, 0.6) is 0 Å². The Morgan fingerprint density at radius 1 is 1.54 bits per heavy atom. The Labute approximate surface area is 81.9 Å². The number of benzene rings is 1. The highest BCUT2D eigenvalue weighted by Gasteiger charge is 2.10. The SMILES string of the molecule is CNC(=O)c1cc(Cl)cc(C)c1N. The maximum atomic E-state index is 11.3. The zero-order chi connectivity index (χ0) is 10.0. The third-order valence-electron chi connectivity index (χ3n) is 1.82. The fourth-order valence-electron chi connectivity index (χ4n) is 1.08. The van der Waals surface area contributed by atoms with E-state index in [-0.39, 0.29) is 5.91 Å². The van der Waals surface area contributed by atoms with Crippen LogP contribution in [0, 0.1) is 6.92 Å². The van der Waals surface area contributed by atoms with Crippen molar-refractivity contribution in [1.82, 2.24) is 5.32 Å². The van der Waals surface area contributed by atoms with Crippen molar-refractivity contribution in [2.45, 2.75) is 6.92 Å². The Balaban J connectivity index is 3.28. The number of rotatable bonds is 1. The first-order valence-electron chi connectivity index (χ1n) is 3.84. The first kappa shape index (κ1) is 9.86. The van der Waals surface area contributed by atoms with Gasteiger partial charge in [0.25, 0.3) is 5.91 Å². The van der Waals surface area contributed by atoms with Crippen molar-refractivity contribution in [3.8, 4) is 0 Å². The van der Waals surface area contributed by atoms with Crippen LogP contribution in [0.15, 0.2) is 12.1 Å². The number of nitrogens with one attached hydrogen (secondary N) is 1. The molecule has 0 bridgehead atoms. The largest absolute Gasteiger partial charge is 0.398 e. The number of aryl methyl sites for hydroxylation is 1. The zero-order valence-corrected chi connectivity index (χ0v) is 8.27. The molecule has 0 radical (unpaired) electrons. The Morgan fingerprint density at radius 3 is 2.69 bits per heavy atom. The minimum Gasteiger partial charge on any atom is -0.398 e. The van der Waals surface area contributed by atoms with Crippen LogP contribution in [0.2, 0.25) is 5.02 Å². The smallest absolute Gasteiger partial charge is 0.253 e. The molecule has 70 valence electrons. The second kappa shape index (κ2) is 3.66. The van der Waals surface area contributed by atoms with Crippen LogP contribution in [-0.2, 0) is 0 Å². The van der Waals surface area contributed by atoms with Crippen LogP contribution in [0.25, 0.3) is 0 Å². The summed E-state index contributed by atoms with van der Waals surface area (Å²) in [6, 6.07) is 3.28. The number of hydrogen-bond donors (Lipinski definition) is 2. The molecule has 3 nitrogen and oxygen atoms in total. The Morgan fingerprint density at radius 2 is 2.15 bits per heavy atom. The van der Waals surface area contributed by atoms with Crippen molar-refractivity contribution in [2.24, 2.45) is 0 Å². The molecule has 0 aliphatic rings. The second-order valence-corrected chi connectivity index (χ2v) is 3.20. The number of halogens is 1. The summed E-state index contributed by atoms with van der Waals surface area (Å²) in [6.45, 7) is 1.81. The summed E-state index contributed by atoms with van der Waals surface area (Å²) in [5.41, 5.74) is 7.42. The molecule has 1 rings (SSSR count). The molecule has 0 atom stereocenters. The maximum absolute atomic E-state index is 11.3. The molecule has 4 heteroatoms. The minimum atomic E-state index is -0.219. The van der Waals surface area contributed by atoms with Crippen LogP contribution in [0.3, 0.4) is 0 Å². The van der Waals surface area contributed by atoms with Crippen molar-refractivity contribution < 1.29 is 4.79 Å². The second-order valence-electron chi connectivity index (χ2n) is 2.76. The van der Waals surface area contributed by atoms with E-state index < -0.39 is 0 Å². The predicted octanol–water partition coefficient (Wildman–Crippen LogP) is 1.59. The summed E-state index contributed by atoms with van der Waals surface area (Å²) < 4.78 is 0. The normalized spacial score (nSPS) is 9.77. The van der Waals surface area contributed by atoms with E-state index in [0.29, 0.717) is 16.3 Å². The molecule has 1 amide bonds. The van der Waals surface area contributed by atoms with Crippen molar-refractivity contribution in [3.63, 3.8) is 0 Å². The summed E-state index contributed by atoms with van der Waals surface area (Å²) in [6.07, 6.45) is 0. The van der Waals surface area contributed by atoms with E-state index >= 15 is 0 Å². The highest BCUT2D eigenvalue weighted by atomic mass is 35.5. The van der Waals surface area contributed by atoms with Gasteiger partial charge < -0.3 is 11.1 Å². The molecular formula is C9H11ClN2O. The standard InChI is InChI=1S/C9H11ClN2O/c1-5-3-6(10)4-7(8(5)11)9(13)12-2/h3-4H,11H2,1-2H3,(H,12,13). The summed E-state index contributed by atoms with van der Waals surface area (Å²) >= 11 is 5.79. The topological polar surface area (TPSA) is 55.1 Å². The number of anilines is 1. The molecular weight excluding hydrogens is 188 g/mol. The monoisotopic (exact) mass is 198 g/mol. The van der Waals surface area contributed by atoms with E-state index in [1.165, 1.54) is 0 Å². The summed E-state index contributed by atoms with van der Waals surface area (Å²) in [4.78, 5) is 11.3. The van der Waals surface area contributed by atoms with Gasteiger partial charge in [-0.15, -0.1) is 0 Å². The molecule has 0 saturated carbocycles. The van der Waals surface area contributed by atoms with Crippen LogP contribution in [0.1, 0.15) is 15.9 Å². The molecule has 1 aromatic rings. The van der Waals surface area contributed by atoms with Crippen molar-refractivity contribution in [3.05, 3.63) is 28.3 Å². The summed E-state index contributed by atoms with van der Waals surface area (Å²) in [5.74, 6) is -0.219. The molecule has 0 aliphatic heterocycles. The Hall–Kier alpha value is -1.22. The first-order chi connectivity index (χ1) is 6.06. The van der Waals surface area contributed by atoms with Gasteiger partial charge in [-0.05, 0) is 24.6 Å². The third kappa shape index (κ3) is 1.92. The quantitative estimate of drug-likeness (QED) is 0.674. The lowest BCUT2D eigenvalue weighted by atomic mass is 10.1. The lowest BCUT2D eigenvalue weighted by molar-refractivity contribution is 0.0964. The fraction of sp³-hybridized carbons (Fsp3) is 0.222. The predicted molar refractivity (Wildman–Crippen MR) is 54.0 cm³/mol. The number of nitrogen functional groups attached to an aromatic ring is 1. The highest BCUT2D eigenvalue weighted by Crippen LogP contribution is 2.22. The van der Waals surface area contributed by atoms with Gasteiger partial charge in [0.05, 0.1) is 5.56 Å². The van der Waals surface area contributed by atoms with Crippen molar-refractivity contribution in [1.29, 1.82) is 0 Å². The number of nitrogens with two attached hydrogens (primary N) is 1. The molecule has 0 aliphatic carbocycles. The Kier molecular flexibility index (Phi) is 2.78. The molecule has 0 spiro atoms.